The second-order valence-electron chi connectivity index (χ2n) is 5.75. The summed E-state index contributed by atoms with van der Waals surface area (Å²) in [4.78, 5) is 2.71. The Bertz CT molecular complexity index is 197. The van der Waals surface area contributed by atoms with Gasteiger partial charge in [0, 0.05) is 18.1 Å². The monoisotopic (exact) mass is 240 g/mol. The molecule has 1 rings (SSSR count). The zero-order chi connectivity index (χ0) is 12.7. The van der Waals surface area contributed by atoms with Gasteiger partial charge in [0.1, 0.15) is 0 Å². The van der Waals surface area contributed by atoms with Gasteiger partial charge in [0.25, 0.3) is 0 Å². The summed E-state index contributed by atoms with van der Waals surface area (Å²) in [5.74, 6) is 0. The van der Waals surface area contributed by atoms with E-state index < -0.39 is 0 Å². The van der Waals surface area contributed by atoms with Crippen LogP contribution in [0.3, 0.4) is 0 Å². The lowest BCUT2D eigenvalue weighted by Crippen LogP contribution is -2.51. The van der Waals surface area contributed by atoms with Crippen LogP contribution < -0.4 is 5.32 Å². The molecule has 0 aromatic rings. The molecule has 0 amide bonds. The predicted molar refractivity (Wildman–Crippen MR) is 76.5 cm³/mol. The second kappa shape index (κ2) is 7.38. The molecule has 0 bridgehead atoms. The molecule has 17 heavy (non-hydrogen) atoms. The lowest BCUT2D eigenvalue weighted by atomic mass is 9.92. The van der Waals surface area contributed by atoms with Crippen molar-refractivity contribution in [3.63, 3.8) is 0 Å². The first-order chi connectivity index (χ1) is 8.17. The Hall–Kier alpha value is -0.0800. The fraction of sp³-hybridized carbons (Fsp3) is 1.00. The summed E-state index contributed by atoms with van der Waals surface area (Å²) in [6.45, 7) is 13.1. The first kappa shape index (κ1) is 15.0. The Morgan fingerprint density at radius 2 is 2.06 bits per heavy atom. The smallest absolute Gasteiger partial charge is 0.0306 e. The van der Waals surface area contributed by atoms with Crippen molar-refractivity contribution in [2.45, 2.75) is 77.8 Å². The molecule has 1 heterocycles. The summed E-state index contributed by atoms with van der Waals surface area (Å²) in [5, 5.41) is 3.76. The maximum Gasteiger partial charge on any atom is 0.0306 e. The minimum Gasteiger partial charge on any atom is -0.310 e. The van der Waals surface area contributed by atoms with E-state index in [9.17, 15) is 0 Å². The zero-order valence-corrected chi connectivity index (χ0v) is 12.4. The van der Waals surface area contributed by atoms with Crippen molar-refractivity contribution in [1.82, 2.24) is 10.2 Å². The molecule has 0 spiro atoms. The fourth-order valence-electron chi connectivity index (χ4n) is 2.88. The number of nitrogens with one attached hydrogen (secondary N) is 1. The predicted octanol–water partition coefficient (Wildman–Crippen LogP) is 3.42. The van der Waals surface area contributed by atoms with Crippen LogP contribution >= 0.6 is 0 Å². The van der Waals surface area contributed by atoms with Gasteiger partial charge in [-0.3, -0.25) is 4.90 Å². The van der Waals surface area contributed by atoms with Crippen molar-refractivity contribution < 1.29 is 0 Å². The number of hydrogen-bond donors (Lipinski definition) is 1. The van der Waals surface area contributed by atoms with Gasteiger partial charge < -0.3 is 5.32 Å². The molecular formula is C15H32N2. The number of rotatable bonds is 8. The minimum atomic E-state index is 0.414. The van der Waals surface area contributed by atoms with E-state index in [2.05, 4.69) is 37.9 Å². The van der Waals surface area contributed by atoms with Crippen molar-refractivity contribution in [3.8, 4) is 0 Å². The molecule has 2 unspecified atom stereocenters. The SMILES string of the molecule is CCCCN(CC1(CC)CCCN1)C(C)CC. The summed E-state index contributed by atoms with van der Waals surface area (Å²) >= 11 is 0. The molecule has 102 valence electrons. The Balaban J connectivity index is 2.56. The highest BCUT2D eigenvalue weighted by Gasteiger charge is 2.34. The maximum absolute atomic E-state index is 3.76. The highest BCUT2D eigenvalue weighted by molar-refractivity contribution is 4.95. The molecule has 1 N–H and O–H groups in total. The Labute approximate surface area is 108 Å². The lowest BCUT2D eigenvalue weighted by molar-refractivity contribution is 0.141. The molecule has 0 aromatic carbocycles. The first-order valence-corrected chi connectivity index (χ1v) is 7.66. The average molecular weight is 240 g/mol. The standard InChI is InChI=1S/C15H32N2/c1-5-8-12-17(14(4)6-2)13-15(7-3)10-9-11-16-15/h14,16H,5-13H2,1-4H3. The number of nitrogens with zero attached hydrogens (tertiary/aromatic N) is 1. The fourth-order valence-corrected chi connectivity index (χ4v) is 2.88. The van der Waals surface area contributed by atoms with Crippen LogP contribution in [0.5, 0.6) is 0 Å². The van der Waals surface area contributed by atoms with E-state index in [1.54, 1.807) is 0 Å². The van der Waals surface area contributed by atoms with Crippen molar-refractivity contribution in [3.05, 3.63) is 0 Å². The molecule has 1 fully saturated rings. The van der Waals surface area contributed by atoms with E-state index in [4.69, 9.17) is 0 Å². The average Bonchev–Trinajstić information content (AvgIpc) is 2.82. The van der Waals surface area contributed by atoms with Crippen LogP contribution in [0, 0.1) is 0 Å². The van der Waals surface area contributed by atoms with Crippen molar-refractivity contribution in [2.75, 3.05) is 19.6 Å². The molecule has 1 aliphatic heterocycles. The maximum atomic E-state index is 3.76. The Morgan fingerprint density at radius 3 is 2.53 bits per heavy atom. The largest absolute Gasteiger partial charge is 0.310 e. The van der Waals surface area contributed by atoms with Crippen molar-refractivity contribution >= 4 is 0 Å². The zero-order valence-electron chi connectivity index (χ0n) is 12.4. The van der Waals surface area contributed by atoms with Crippen molar-refractivity contribution in [1.29, 1.82) is 0 Å². The number of hydrogen-bond acceptors (Lipinski definition) is 2. The second-order valence-corrected chi connectivity index (χ2v) is 5.75. The topological polar surface area (TPSA) is 15.3 Å². The van der Waals surface area contributed by atoms with Gasteiger partial charge in [0.2, 0.25) is 0 Å². The van der Waals surface area contributed by atoms with Crippen LogP contribution in [0.15, 0.2) is 0 Å². The molecule has 2 atom stereocenters. The molecule has 1 aliphatic rings. The van der Waals surface area contributed by atoms with Gasteiger partial charge in [-0.1, -0.05) is 27.2 Å². The third kappa shape index (κ3) is 4.26. The van der Waals surface area contributed by atoms with Gasteiger partial charge in [-0.2, -0.15) is 0 Å². The Morgan fingerprint density at radius 1 is 1.29 bits per heavy atom. The van der Waals surface area contributed by atoms with Gasteiger partial charge >= 0.3 is 0 Å². The van der Waals surface area contributed by atoms with Crippen LogP contribution in [-0.2, 0) is 0 Å². The highest BCUT2D eigenvalue weighted by Crippen LogP contribution is 2.25. The Kier molecular flexibility index (Phi) is 6.50. The third-order valence-corrected chi connectivity index (χ3v) is 4.53. The van der Waals surface area contributed by atoms with E-state index in [1.165, 1.54) is 58.2 Å². The molecular weight excluding hydrogens is 208 g/mol. The molecule has 0 aliphatic carbocycles. The van der Waals surface area contributed by atoms with Crippen molar-refractivity contribution in [2.24, 2.45) is 0 Å². The highest BCUT2D eigenvalue weighted by atomic mass is 15.2. The third-order valence-electron chi connectivity index (χ3n) is 4.53. The quantitative estimate of drug-likeness (QED) is 0.699. The van der Waals surface area contributed by atoms with E-state index in [1.807, 2.05) is 0 Å². The van der Waals surface area contributed by atoms with Gasteiger partial charge in [-0.25, -0.2) is 0 Å². The van der Waals surface area contributed by atoms with Crippen LogP contribution in [0.1, 0.15) is 66.2 Å². The summed E-state index contributed by atoms with van der Waals surface area (Å²) in [6, 6.07) is 0.729. The summed E-state index contributed by atoms with van der Waals surface area (Å²) in [6.07, 6.45) is 7.90. The van der Waals surface area contributed by atoms with Gasteiger partial charge in [-0.15, -0.1) is 0 Å². The molecule has 0 radical (unpaired) electrons. The molecule has 2 heteroatoms. The molecule has 0 saturated carbocycles. The summed E-state index contributed by atoms with van der Waals surface area (Å²) in [5.41, 5.74) is 0.414. The summed E-state index contributed by atoms with van der Waals surface area (Å²) < 4.78 is 0. The molecule has 2 nitrogen and oxygen atoms in total. The van der Waals surface area contributed by atoms with Gasteiger partial charge in [-0.05, 0) is 52.1 Å². The molecule has 0 aromatic heterocycles. The van der Waals surface area contributed by atoms with Crippen LogP contribution in [-0.4, -0.2) is 36.1 Å². The van der Waals surface area contributed by atoms with Crippen LogP contribution in [0.25, 0.3) is 0 Å². The molecule has 1 saturated heterocycles. The van der Waals surface area contributed by atoms with E-state index in [-0.39, 0.29) is 0 Å². The number of unbranched alkanes of at least 4 members (excludes halogenated alkanes) is 1. The minimum absolute atomic E-state index is 0.414. The summed E-state index contributed by atoms with van der Waals surface area (Å²) in [7, 11) is 0. The van der Waals surface area contributed by atoms with E-state index >= 15 is 0 Å². The van der Waals surface area contributed by atoms with Crippen LogP contribution in [0.4, 0.5) is 0 Å². The van der Waals surface area contributed by atoms with E-state index in [0.29, 0.717) is 5.54 Å². The lowest BCUT2D eigenvalue weighted by Gasteiger charge is -2.38. The van der Waals surface area contributed by atoms with Gasteiger partial charge in [0.05, 0.1) is 0 Å². The van der Waals surface area contributed by atoms with Gasteiger partial charge in [0.15, 0.2) is 0 Å². The van der Waals surface area contributed by atoms with E-state index in [0.717, 1.165) is 6.04 Å². The normalized spacial score (nSPS) is 26.6. The van der Waals surface area contributed by atoms with Crippen LogP contribution in [0.2, 0.25) is 0 Å². The first-order valence-electron chi connectivity index (χ1n) is 7.66.